The van der Waals surface area contributed by atoms with Crippen molar-refractivity contribution in [3.8, 4) is 5.75 Å². The highest BCUT2D eigenvalue weighted by atomic mass is 16.5. The van der Waals surface area contributed by atoms with Gasteiger partial charge in [0, 0.05) is 44.2 Å². The first-order valence-corrected chi connectivity index (χ1v) is 10.6. The first kappa shape index (κ1) is 20.8. The van der Waals surface area contributed by atoms with Gasteiger partial charge in [0.05, 0.1) is 12.2 Å². The zero-order chi connectivity index (χ0) is 21.3. The van der Waals surface area contributed by atoms with Gasteiger partial charge in [0.1, 0.15) is 11.4 Å². The number of anilines is 1. The van der Waals surface area contributed by atoms with Gasteiger partial charge < -0.3 is 25.2 Å². The number of nitrogens with one attached hydrogen (secondary N) is 1. The van der Waals surface area contributed by atoms with E-state index in [1.807, 2.05) is 49.4 Å². The van der Waals surface area contributed by atoms with Crippen LogP contribution in [0.5, 0.6) is 5.75 Å². The first-order chi connectivity index (χ1) is 14.3. The number of carbonyl (C=O) groups excluding carboxylic acids is 1. The number of hydrogen-bond donors (Lipinski definition) is 3. The number of aryl methyl sites for hydroxylation is 1. The Morgan fingerprint density at radius 2 is 1.93 bits per heavy atom. The van der Waals surface area contributed by atoms with Gasteiger partial charge in [-0.1, -0.05) is 23.8 Å². The number of aliphatic hydroxyl groups excluding tert-OH is 2. The van der Waals surface area contributed by atoms with Crippen LogP contribution in [0.4, 0.5) is 5.69 Å². The summed E-state index contributed by atoms with van der Waals surface area (Å²) in [6, 6.07) is 13.3. The lowest BCUT2D eigenvalue weighted by Gasteiger charge is -2.46. The van der Waals surface area contributed by atoms with Crippen molar-refractivity contribution >= 4 is 11.6 Å². The average Bonchev–Trinajstić information content (AvgIpc) is 2.71. The molecule has 0 bridgehead atoms. The minimum atomic E-state index is -0.591. The molecule has 2 aromatic carbocycles. The normalized spacial score (nSPS) is 21.5. The maximum atomic E-state index is 11.1. The quantitative estimate of drug-likeness (QED) is 0.720. The molecule has 2 aromatic rings. The molecule has 4 rings (SSSR count). The third-order valence-corrected chi connectivity index (χ3v) is 6.23. The Morgan fingerprint density at radius 1 is 1.23 bits per heavy atom. The SMILES string of the molecule is CC(=O)Nc1ccc(C(O)CN2CCC3(CC2)CC(O)c2cc(C)ccc2O3)cc1. The summed E-state index contributed by atoms with van der Waals surface area (Å²) in [5.41, 5.74) is 3.24. The first-order valence-electron chi connectivity index (χ1n) is 10.6. The number of nitrogens with zero attached hydrogens (tertiary/aromatic N) is 1. The fraction of sp³-hybridized carbons (Fsp3) is 0.458. The van der Waals surface area contributed by atoms with Crippen LogP contribution in [0.2, 0.25) is 0 Å². The lowest BCUT2D eigenvalue weighted by molar-refractivity contribution is -0.114. The number of piperidine rings is 1. The molecular weight excluding hydrogens is 380 g/mol. The number of carbonyl (C=O) groups is 1. The number of rotatable bonds is 4. The molecule has 6 nitrogen and oxygen atoms in total. The maximum Gasteiger partial charge on any atom is 0.221 e. The number of amides is 1. The zero-order valence-corrected chi connectivity index (χ0v) is 17.6. The van der Waals surface area contributed by atoms with E-state index in [4.69, 9.17) is 4.74 Å². The summed E-state index contributed by atoms with van der Waals surface area (Å²) in [5, 5.41) is 24.1. The van der Waals surface area contributed by atoms with E-state index in [2.05, 4.69) is 10.2 Å². The number of aliphatic hydroxyl groups is 2. The van der Waals surface area contributed by atoms with Crippen molar-refractivity contribution in [2.24, 2.45) is 0 Å². The predicted octanol–water partition coefficient (Wildman–Crippen LogP) is 3.34. The number of hydrogen-bond acceptors (Lipinski definition) is 5. The van der Waals surface area contributed by atoms with Gasteiger partial charge in [-0.05, 0) is 49.6 Å². The minimum Gasteiger partial charge on any atom is -0.487 e. The number of likely N-dealkylation sites (tertiary alicyclic amines) is 1. The predicted molar refractivity (Wildman–Crippen MR) is 115 cm³/mol. The van der Waals surface area contributed by atoms with Crippen molar-refractivity contribution in [3.63, 3.8) is 0 Å². The molecule has 2 heterocycles. The van der Waals surface area contributed by atoms with Crippen LogP contribution in [0.3, 0.4) is 0 Å². The van der Waals surface area contributed by atoms with Crippen LogP contribution in [0.25, 0.3) is 0 Å². The summed E-state index contributed by atoms with van der Waals surface area (Å²) in [7, 11) is 0. The van der Waals surface area contributed by atoms with Crippen molar-refractivity contribution in [3.05, 3.63) is 59.2 Å². The molecule has 2 unspecified atom stereocenters. The fourth-order valence-electron chi connectivity index (χ4n) is 4.55. The molecule has 0 aromatic heterocycles. The molecule has 1 spiro atoms. The largest absolute Gasteiger partial charge is 0.487 e. The highest BCUT2D eigenvalue weighted by molar-refractivity contribution is 5.88. The number of benzene rings is 2. The number of ether oxygens (including phenoxy) is 1. The van der Waals surface area contributed by atoms with E-state index in [0.717, 1.165) is 54.1 Å². The second-order valence-corrected chi connectivity index (χ2v) is 8.67. The van der Waals surface area contributed by atoms with Gasteiger partial charge in [0.2, 0.25) is 5.91 Å². The Morgan fingerprint density at radius 3 is 2.60 bits per heavy atom. The second-order valence-electron chi connectivity index (χ2n) is 8.67. The summed E-state index contributed by atoms with van der Waals surface area (Å²) >= 11 is 0. The summed E-state index contributed by atoms with van der Waals surface area (Å²) in [4.78, 5) is 13.4. The lowest BCUT2D eigenvalue weighted by atomic mass is 9.81. The topological polar surface area (TPSA) is 82.0 Å². The van der Waals surface area contributed by atoms with Crippen LogP contribution < -0.4 is 10.1 Å². The standard InChI is InChI=1S/C24H30N2O4/c1-16-3-8-23-20(13-16)21(28)14-24(30-23)9-11-26(12-10-24)15-22(29)18-4-6-19(7-5-18)25-17(2)27/h3-8,13,21-22,28-29H,9-12,14-15H2,1-2H3,(H,25,27). The molecule has 2 atom stereocenters. The van der Waals surface area contributed by atoms with Crippen molar-refractivity contribution in [2.45, 2.75) is 50.9 Å². The molecule has 2 aliphatic heterocycles. The molecule has 0 saturated carbocycles. The molecule has 2 aliphatic rings. The average molecular weight is 411 g/mol. The van der Waals surface area contributed by atoms with Gasteiger partial charge in [0.15, 0.2) is 0 Å². The van der Waals surface area contributed by atoms with Gasteiger partial charge in [-0.3, -0.25) is 4.79 Å². The minimum absolute atomic E-state index is 0.113. The molecule has 160 valence electrons. The van der Waals surface area contributed by atoms with E-state index in [1.165, 1.54) is 6.92 Å². The molecule has 0 aliphatic carbocycles. The monoisotopic (exact) mass is 410 g/mol. The van der Waals surface area contributed by atoms with E-state index < -0.39 is 12.2 Å². The Bertz CT molecular complexity index is 904. The molecule has 1 saturated heterocycles. The Kier molecular flexibility index (Phi) is 5.82. The molecule has 30 heavy (non-hydrogen) atoms. The van der Waals surface area contributed by atoms with Crippen LogP contribution in [0, 0.1) is 6.92 Å². The Balaban J connectivity index is 1.34. The Hall–Kier alpha value is -2.41. The summed E-state index contributed by atoms with van der Waals surface area (Å²) in [5.74, 6) is 0.686. The summed E-state index contributed by atoms with van der Waals surface area (Å²) < 4.78 is 6.38. The second kappa shape index (κ2) is 8.38. The number of β-amino-alcohol motifs (C(OH)–C–C–N with tert-alkyl or cyclic N) is 1. The van der Waals surface area contributed by atoms with Gasteiger partial charge in [0.25, 0.3) is 0 Å². The lowest BCUT2D eigenvalue weighted by Crippen LogP contribution is -2.51. The smallest absolute Gasteiger partial charge is 0.221 e. The number of fused-ring (bicyclic) bond motifs is 1. The van der Waals surface area contributed by atoms with Crippen LogP contribution in [0.15, 0.2) is 42.5 Å². The molecule has 1 fully saturated rings. The zero-order valence-electron chi connectivity index (χ0n) is 17.6. The highest BCUT2D eigenvalue weighted by Crippen LogP contribution is 2.44. The van der Waals surface area contributed by atoms with Crippen LogP contribution in [-0.4, -0.2) is 46.3 Å². The van der Waals surface area contributed by atoms with E-state index in [-0.39, 0.29) is 11.5 Å². The molecule has 1 amide bonds. The molecule has 6 heteroatoms. The third kappa shape index (κ3) is 4.51. The van der Waals surface area contributed by atoms with E-state index in [9.17, 15) is 15.0 Å². The maximum absolute atomic E-state index is 11.1. The van der Waals surface area contributed by atoms with Crippen LogP contribution >= 0.6 is 0 Å². The van der Waals surface area contributed by atoms with Crippen molar-refractivity contribution in [1.29, 1.82) is 0 Å². The van der Waals surface area contributed by atoms with E-state index in [0.29, 0.717) is 13.0 Å². The van der Waals surface area contributed by atoms with Gasteiger partial charge >= 0.3 is 0 Å². The molecule has 0 radical (unpaired) electrons. The van der Waals surface area contributed by atoms with E-state index >= 15 is 0 Å². The van der Waals surface area contributed by atoms with Crippen molar-refractivity contribution in [2.75, 3.05) is 25.0 Å². The molecule has 3 N–H and O–H groups in total. The van der Waals surface area contributed by atoms with Crippen LogP contribution in [0.1, 0.15) is 55.1 Å². The third-order valence-electron chi connectivity index (χ3n) is 6.23. The van der Waals surface area contributed by atoms with E-state index in [1.54, 1.807) is 0 Å². The Labute approximate surface area is 177 Å². The van der Waals surface area contributed by atoms with Crippen molar-refractivity contribution in [1.82, 2.24) is 4.90 Å². The van der Waals surface area contributed by atoms with Crippen LogP contribution in [-0.2, 0) is 4.79 Å². The highest BCUT2D eigenvalue weighted by Gasteiger charge is 2.43. The van der Waals surface area contributed by atoms with Crippen molar-refractivity contribution < 1.29 is 19.7 Å². The van der Waals surface area contributed by atoms with Gasteiger partial charge in [-0.2, -0.15) is 0 Å². The summed E-state index contributed by atoms with van der Waals surface area (Å²) in [6.45, 7) is 5.67. The molecular formula is C24H30N2O4. The fourth-order valence-corrected chi connectivity index (χ4v) is 4.55. The summed E-state index contributed by atoms with van der Waals surface area (Å²) in [6.07, 6.45) is 1.18. The van der Waals surface area contributed by atoms with Gasteiger partial charge in [-0.25, -0.2) is 0 Å². The van der Waals surface area contributed by atoms with Gasteiger partial charge in [-0.15, -0.1) is 0 Å².